The summed E-state index contributed by atoms with van der Waals surface area (Å²) in [5.41, 5.74) is 0. The zero-order valence-corrected chi connectivity index (χ0v) is 10.6. The number of nitro groups is 1. The Labute approximate surface area is 104 Å². The van der Waals surface area contributed by atoms with Crippen molar-refractivity contribution < 1.29 is 4.92 Å². The lowest BCUT2D eigenvalue weighted by molar-refractivity contribution is -0.517. The fourth-order valence-electron chi connectivity index (χ4n) is 1.33. The van der Waals surface area contributed by atoms with Crippen molar-refractivity contribution in [2.45, 2.75) is 30.7 Å². The molecule has 1 rings (SSSR count). The average molecular weight is 260 g/mol. The number of halogens is 1. The fourth-order valence-corrected chi connectivity index (χ4v) is 2.65. The van der Waals surface area contributed by atoms with E-state index >= 15 is 0 Å². The zero-order chi connectivity index (χ0) is 12.0. The summed E-state index contributed by atoms with van der Waals surface area (Å²) in [5, 5.41) is 11.4. The van der Waals surface area contributed by atoms with Crippen molar-refractivity contribution >= 4 is 23.4 Å². The molecule has 0 aliphatic rings. The summed E-state index contributed by atoms with van der Waals surface area (Å²) in [4.78, 5) is 11.5. The Hall–Kier alpha value is -0.740. The first-order valence-corrected chi connectivity index (χ1v) is 6.51. The van der Waals surface area contributed by atoms with Gasteiger partial charge in [-0.05, 0) is 24.6 Å². The highest BCUT2D eigenvalue weighted by Crippen LogP contribution is 2.23. The van der Waals surface area contributed by atoms with E-state index in [1.165, 1.54) is 11.8 Å². The van der Waals surface area contributed by atoms with Crippen molar-refractivity contribution in [3.05, 3.63) is 39.4 Å². The van der Waals surface area contributed by atoms with Crippen molar-refractivity contribution in [2.75, 3.05) is 5.75 Å². The van der Waals surface area contributed by atoms with Crippen LogP contribution in [-0.2, 0) is 0 Å². The normalized spacial score (nSPS) is 12.4. The molecule has 0 saturated heterocycles. The molecule has 0 aromatic heterocycles. The van der Waals surface area contributed by atoms with Crippen LogP contribution in [0.15, 0.2) is 29.2 Å². The van der Waals surface area contributed by atoms with E-state index in [2.05, 4.69) is 0 Å². The maximum Gasteiger partial charge on any atom is 0.222 e. The van der Waals surface area contributed by atoms with E-state index in [9.17, 15) is 10.1 Å². The van der Waals surface area contributed by atoms with Crippen LogP contribution in [0, 0.1) is 10.1 Å². The van der Waals surface area contributed by atoms with Crippen molar-refractivity contribution in [3.63, 3.8) is 0 Å². The second-order valence-corrected chi connectivity index (χ2v) is 5.03. The minimum atomic E-state index is -0.464. The Morgan fingerprint density at radius 2 is 2.31 bits per heavy atom. The molecule has 0 amide bonds. The molecular formula is C11H14ClNO2S. The molecule has 1 atom stereocenters. The molecule has 0 heterocycles. The summed E-state index contributed by atoms with van der Waals surface area (Å²) in [6, 6.07) is 6.93. The number of nitrogens with zero attached hydrogens (tertiary/aromatic N) is 1. The molecule has 0 N–H and O–H groups in total. The summed E-state index contributed by atoms with van der Waals surface area (Å²) >= 11 is 7.32. The SMILES string of the molecule is CCCC(CSc1cccc(Cl)c1)[N+](=O)[O-]. The Bertz CT molecular complexity index is 360. The molecule has 5 heteroatoms. The van der Waals surface area contributed by atoms with Gasteiger partial charge in [0.1, 0.15) is 0 Å². The first-order chi connectivity index (χ1) is 7.63. The highest BCUT2D eigenvalue weighted by atomic mass is 35.5. The lowest BCUT2D eigenvalue weighted by atomic mass is 10.2. The molecular weight excluding hydrogens is 246 g/mol. The van der Waals surface area contributed by atoms with Gasteiger partial charge < -0.3 is 0 Å². The molecule has 0 radical (unpaired) electrons. The van der Waals surface area contributed by atoms with Gasteiger partial charge in [0.2, 0.25) is 6.04 Å². The summed E-state index contributed by atoms with van der Waals surface area (Å²) in [7, 11) is 0. The fraction of sp³-hybridized carbons (Fsp3) is 0.455. The zero-order valence-electron chi connectivity index (χ0n) is 9.06. The predicted molar refractivity (Wildman–Crippen MR) is 67.9 cm³/mol. The summed E-state index contributed by atoms with van der Waals surface area (Å²) in [6.45, 7) is 1.96. The van der Waals surface area contributed by atoms with Crippen LogP contribution in [0.1, 0.15) is 19.8 Å². The first-order valence-electron chi connectivity index (χ1n) is 5.15. The Balaban J connectivity index is 2.51. The van der Waals surface area contributed by atoms with Gasteiger partial charge in [0, 0.05) is 21.3 Å². The topological polar surface area (TPSA) is 43.1 Å². The van der Waals surface area contributed by atoms with Gasteiger partial charge in [-0.3, -0.25) is 10.1 Å². The quantitative estimate of drug-likeness (QED) is 0.442. The third-order valence-electron chi connectivity index (χ3n) is 2.16. The number of hydrogen-bond acceptors (Lipinski definition) is 3. The molecule has 3 nitrogen and oxygen atoms in total. The van der Waals surface area contributed by atoms with Crippen LogP contribution >= 0.6 is 23.4 Å². The first kappa shape index (κ1) is 13.3. The van der Waals surface area contributed by atoms with Crippen molar-refractivity contribution in [2.24, 2.45) is 0 Å². The van der Waals surface area contributed by atoms with E-state index in [1.807, 2.05) is 25.1 Å². The average Bonchev–Trinajstić information content (AvgIpc) is 2.24. The van der Waals surface area contributed by atoms with Crippen molar-refractivity contribution in [1.29, 1.82) is 0 Å². The van der Waals surface area contributed by atoms with Crippen LogP contribution in [-0.4, -0.2) is 16.7 Å². The molecule has 0 saturated carbocycles. The van der Waals surface area contributed by atoms with Gasteiger partial charge in [0.05, 0.1) is 5.75 Å². The second-order valence-electron chi connectivity index (χ2n) is 3.50. The highest BCUT2D eigenvalue weighted by Gasteiger charge is 2.18. The van der Waals surface area contributed by atoms with Gasteiger partial charge >= 0.3 is 0 Å². The summed E-state index contributed by atoms with van der Waals surface area (Å²) < 4.78 is 0. The lowest BCUT2D eigenvalue weighted by Gasteiger charge is -2.07. The van der Waals surface area contributed by atoms with E-state index in [0.717, 1.165) is 11.3 Å². The Morgan fingerprint density at radius 3 is 2.88 bits per heavy atom. The van der Waals surface area contributed by atoms with E-state index < -0.39 is 6.04 Å². The van der Waals surface area contributed by atoms with Gasteiger partial charge in [-0.1, -0.05) is 24.6 Å². The van der Waals surface area contributed by atoms with Crippen LogP contribution < -0.4 is 0 Å². The number of rotatable bonds is 6. The lowest BCUT2D eigenvalue weighted by Crippen LogP contribution is -2.21. The minimum Gasteiger partial charge on any atom is -0.264 e. The van der Waals surface area contributed by atoms with Gasteiger partial charge in [-0.15, -0.1) is 11.8 Å². The number of thioether (sulfide) groups is 1. The third kappa shape index (κ3) is 4.41. The monoisotopic (exact) mass is 259 g/mol. The molecule has 88 valence electrons. The van der Waals surface area contributed by atoms with Gasteiger partial charge in [-0.25, -0.2) is 0 Å². The van der Waals surface area contributed by atoms with E-state index in [4.69, 9.17) is 11.6 Å². The maximum absolute atomic E-state index is 10.7. The standard InChI is InChI=1S/C11H14ClNO2S/c1-2-4-10(13(14)15)8-16-11-6-3-5-9(12)7-11/h3,5-7,10H,2,4,8H2,1H3. The molecule has 1 aromatic carbocycles. The van der Waals surface area contributed by atoms with Crippen molar-refractivity contribution in [1.82, 2.24) is 0 Å². The maximum atomic E-state index is 10.7. The van der Waals surface area contributed by atoms with Crippen LogP contribution in [0.25, 0.3) is 0 Å². The minimum absolute atomic E-state index is 0.193. The molecule has 16 heavy (non-hydrogen) atoms. The highest BCUT2D eigenvalue weighted by molar-refractivity contribution is 7.99. The Morgan fingerprint density at radius 1 is 1.56 bits per heavy atom. The summed E-state index contributed by atoms with van der Waals surface area (Å²) in [6.07, 6.45) is 1.46. The number of hydrogen-bond donors (Lipinski definition) is 0. The van der Waals surface area contributed by atoms with Crippen LogP contribution in [0.4, 0.5) is 0 Å². The van der Waals surface area contributed by atoms with E-state index in [1.54, 1.807) is 6.07 Å². The van der Waals surface area contributed by atoms with E-state index in [-0.39, 0.29) is 4.92 Å². The third-order valence-corrected chi connectivity index (χ3v) is 3.53. The van der Waals surface area contributed by atoms with Crippen LogP contribution in [0.3, 0.4) is 0 Å². The molecule has 0 aliphatic carbocycles. The molecule has 0 aliphatic heterocycles. The molecule has 0 spiro atoms. The molecule has 1 aromatic rings. The predicted octanol–water partition coefficient (Wildman–Crippen LogP) is 3.88. The van der Waals surface area contributed by atoms with E-state index in [0.29, 0.717) is 17.2 Å². The van der Waals surface area contributed by atoms with Crippen LogP contribution in [0.2, 0.25) is 5.02 Å². The largest absolute Gasteiger partial charge is 0.264 e. The molecule has 0 fully saturated rings. The van der Waals surface area contributed by atoms with Gasteiger partial charge in [0.15, 0.2) is 0 Å². The Kier molecular flexibility index (Phi) is 5.63. The smallest absolute Gasteiger partial charge is 0.222 e. The van der Waals surface area contributed by atoms with Crippen molar-refractivity contribution in [3.8, 4) is 0 Å². The second kappa shape index (κ2) is 6.76. The van der Waals surface area contributed by atoms with Gasteiger partial charge in [0.25, 0.3) is 0 Å². The molecule has 0 bridgehead atoms. The molecule has 1 unspecified atom stereocenters. The summed E-state index contributed by atoms with van der Waals surface area (Å²) in [5.74, 6) is 0.501. The number of benzene rings is 1. The van der Waals surface area contributed by atoms with Gasteiger partial charge in [-0.2, -0.15) is 0 Å². The van der Waals surface area contributed by atoms with Crippen LogP contribution in [0.5, 0.6) is 0 Å².